The molecule has 0 radical (unpaired) electrons. The highest BCUT2D eigenvalue weighted by molar-refractivity contribution is 5.79. The van der Waals surface area contributed by atoms with Crippen LogP contribution in [0.1, 0.15) is 78.1 Å². The summed E-state index contributed by atoms with van der Waals surface area (Å²) in [6.07, 6.45) is 15.6. The molecular weight excluding hydrogens is 208 g/mol. The average Bonchev–Trinajstić information content (AvgIpc) is 2.35. The summed E-state index contributed by atoms with van der Waals surface area (Å²) in [5.74, 6) is 0.293. The van der Waals surface area contributed by atoms with Gasteiger partial charge in [-0.25, -0.2) is 0 Å². The molecule has 0 aliphatic rings. The van der Waals surface area contributed by atoms with E-state index in [0.29, 0.717) is 18.6 Å². The maximum Gasteiger partial charge on any atom is 0.137 e. The smallest absolute Gasteiger partial charge is 0.137 e. The van der Waals surface area contributed by atoms with E-state index in [2.05, 4.69) is 18.7 Å². The molecule has 0 aromatic rings. The van der Waals surface area contributed by atoms with Gasteiger partial charge in [-0.05, 0) is 25.0 Å². The summed E-state index contributed by atoms with van der Waals surface area (Å²) in [6, 6.07) is 0. The minimum atomic E-state index is 0.293. The number of rotatable bonds is 11. The van der Waals surface area contributed by atoms with Crippen LogP contribution in [0.5, 0.6) is 0 Å². The second kappa shape index (κ2) is 13.3. The zero-order valence-corrected chi connectivity index (χ0v) is 11.6. The maximum atomic E-state index is 11.0. The predicted octanol–water partition coefficient (Wildman–Crippen LogP) is 5.21. The standard InChI is InChI=1S/C16H28O/c1-3-5-6-7-8-9-10-11-12-13-14-15-16(17)4-2/h12,14H,3-11,15H2,1-2H3. The van der Waals surface area contributed by atoms with Crippen LogP contribution in [0.15, 0.2) is 17.9 Å². The second-order valence-electron chi connectivity index (χ2n) is 4.58. The maximum absolute atomic E-state index is 11.0. The Morgan fingerprint density at radius 2 is 1.59 bits per heavy atom. The number of unbranched alkanes of at least 4 members (excludes halogenated alkanes) is 7. The minimum absolute atomic E-state index is 0.293. The zero-order chi connectivity index (χ0) is 12.8. The van der Waals surface area contributed by atoms with E-state index >= 15 is 0 Å². The summed E-state index contributed by atoms with van der Waals surface area (Å²) in [5, 5.41) is 0. The van der Waals surface area contributed by atoms with Gasteiger partial charge in [0.05, 0.1) is 0 Å². The van der Waals surface area contributed by atoms with Gasteiger partial charge in [-0.1, -0.05) is 52.4 Å². The molecule has 98 valence electrons. The molecule has 0 saturated heterocycles. The highest BCUT2D eigenvalue weighted by atomic mass is 16.1. The van der Waals surface area contributed by atoms with Crippen molar-refractivity contribution in [3.8, 4) is 0 Å². The van der Waals surface area contributed by atoms with Crippen LogP contribution in [0.25, 0.3) is 0 Å². The summed E-state index contributed by atoms with van der Waals surface area (Å²) in [5.41, 5.74) is 3.09. The molecule has 0 bridgehead atoms. The largest absolute Gasteiger partial charge is 0.299 e. The quantitative estimate of drug-likeness (QED) is 0.355. The van der Waals surface area contributed by atoms with Gasteiger partial charge >= 0.3 is 0 Å². The zero-order valence-electron chi connectivity index (χ0n) is 11.6. The van der Waals surface area contributed by atoms with Gasteiger partial charge in [-0.15, -0.1) is 5.73 Å². The predicted molar refractivity (Wildman–Crippen MR) is 75.2 cm³/mol. The third-order valence-electron chi connectivity index (χ3n) is 2.91. The van der Waals surface area contributed by atoms with Gasteiger partial charge in [0, 0.05) is 12.8 Å². The molecule has 0 amide bonds. The minimum Gasteiger partial charge on any atom is -0.299 e. The third-order valence-corrected chi connectivity index (χ3v) is 2.91. The Morgan fingerprint density at radius 3 is 2.24 bits per heavy atom. The first-order valence-corrected chi connectivity index (χ1v) is 7.22. The van der Waals surface area contributed by atoms with Crippen LogP contribution in [0.3, 0.4) is 0 Å². The van der Waals surface area contributed by atoms with Crippen LogP contribution in [0, 0.1) is 0 Å². The van der Waals surface area contributed by atoms with Gasteiger partial charge in [-0.3, -0.25) is 4.79 Å². The van der Waals surface area contributed by atoms with Crippen LogP contribution >= 0.6 is 0 Å². The lowest BCUT2D eigenvalue weighted by Gasteiger charge is -1.98. The topological polar surface area (TPSA) is 17.1 Å². The Labute approximate surface area is 107 Å². The fraction of sp³-hybridized carbons (Fsp3) is 0.750. The number of carbonyl (C=O) groups is 1. The molecule has 0 saturated carbocycles. The molecule has 0 heterocycles. The van der Waals surface area contributed by atoms with E-state index in [-0.39, 0.29) is 0 Å². The molecule has 0 aromatic carbocycles. The molecule has 0 aliphatic carbocycles. The molecule has 0 aromatic heterocycles. The van der Waals surface area contributed by atoms with Crippen molar-refractivity contribution in [2.24, 2.45) is 0 Å². The fourth-order valence-corrected chi connectivity index (χ4v) is 1.69. The van der Waals surface area contributed by atoms with Crippen LogP contribution in [-0.2, 0) is 4.79 Å². The highest BCUT2D eigenvalue weighted by Gasteiger charge is 1.91. The Hall–Kier alpha value is -0.810. The van der Waals surface area contributed by atoms with Crippen molar-refractivity contribution in [1.29, 1.82) is 0 Å². The Kier molecular flexibility index (Phi) is 12.6. The number of hydrogen-bond acceptors (Lipinski definition) is 1. The van der Waals surface area contributed by atoms with Crippen molar-refractivity contribution in [3.63, 3.8) is 0 Å². The average molecular weight is 236 g/mol. The summed E-state index contributed by atoms with van der Waals surface area (Å²) >= 11 is 0. The number of Topliss-reactive ketones (excluding diaryl/α,β-unsaturated/α-hetero) is 1. The summed E-state index contributed by atoms with van der Waals surface area (Å²) in [6.45, 7) is 4.15. The second-order valence-corrected chi connectivity index (χ2v) is 4.58. The molecule has 0 fully saturated rings. The lowest BCUT2D eigenvalue weighted by Crippen LogP contribution is -1.89. The van der Waals surface area contributed by atoms with E-state index in [1.54, 1.807) is 0 Å². The Bertz CT molecular complexity index is 234. The number of carbonyl (C=O) groups excluding carboxylic acids is 1. The molecule has 0 rings (SSSR count). The summed E-state index contributed by atoms with van der Waals surface area (Å²) < 4.78 is 0. The number of hydrogen-bond donors (Lipinski definition) is 0. The molecule has 1 nitrogen and oxygen atoms in total. The van der Waals surface area contributed by atoms with Gasteiger partial charge in [0.25, 0.3) is 0 Å². The first-order chi connectivity index (χ1) is 8.31. The van der Waals surface area contributed by atoms with E-state index in [1.807, 2.05) is 13.0 Å². The SMILES string of the molecule is CCCCCCCCCC=C=CCC(=O)CC. The lowest BCUT2D eigenvalue weighted by atomic mass is 10.1. The molecule has 0 unspecified atom stereocenters. The van der Waals surface area contributed by atoms with Crippen LogP contribution in [0.2, 0.25) is 0 Å². The van der Waals surface area contributed by atoms with Crippen molar-refractivity contribution in [3.05, 3.63) is 17.9 Å². The molecule has 0 aliphatic heterocycles. The lowest BCUT2D eigenvalue weighted by molar-refractivity contribution is -0.117. The van der Waals surface area contributed by atoms with Crippen LogP contribution < -0.4 is 0 Å². The molecule has 0 spiro atoms. The number of ketones is 1. The van der Waals surface area contributed by atoms with Crippen molar-refractivity contribution >= 4 is 5.78 Å². The van der Waals surface area contributed by atoms with Crippen molar-refractivity contribution in [2.45, 2.75) is 78.1 Å². The first kappa shape index (κ1) is 16.2. The Morgan fingerprint density at radius 1 is 0.941 bits per heavy atom. The monoisotopic (exact) mass is 236 g/mol. The van der Waals surface area contributed by atoms with E-state index in [9.17, 15) is 4.79 Å². The van der Waals surface area contributed by atoms with E-state index < -0.39 is 0 Å². The van der Waals surface area contributed by atoms with Crippen molar-refractivity contribution < 1.29 is 4.79 Å². The van der Waals surface area contributed by atoms with Crippen molar-refractivity contribution in [1.82, 2.24) is 0 Å². The summed E-state index contributed by atoms with van der Waals surface area (Å²) in [7, 11) is 0. The third kappa shape index (κ3) is 13.1. The first-order valence-electron chi connectivity index (χ1n) is 7.22. The normalized spacial score (nSPS) is 9.76. The van der Waals surface area contributed by atoms with Gasteiger partial charge in [0.2, 0.25) is 0 Å². The van der Waals surface area contributed by atoms with Crippen LogP contribution in [0.4, 0.5) is 0 Å². The number of allylic oxidation sites excluding steroid dienone is 1. The van der Waals surface area contributed by atoms with Crippen LogP contribution in [-0.4, -0.2) is 5.78 Å². The summed E-state index contributed by atoms with van der Waals surface area (Å²) in [4.78, 5) is 11.0. The van der Waals surface area contributed by atoms with Gasteiger partial charge < -0.3 is 0 Å². The molecule has 17 heavy (non-hydrogen) atoms. The molecule has 0 atom stereocenters. The van der Waals surface area contributed by atoms with Gasteiger partial charge in [0.15, 0.2) is 0 Å². The highest BCUT2D eigenvalue weighted by Crippen LogP contribution is 2.08. The van der Waals surface area contributed by atoms with E-state index in [1.165, 1.54) is 44.9 Å². The van der Waals surface area contributed by atoms with Gasteiger partial charge in [0.1, 0.15) is 5.78 Å². The van der Waals surface area contributed by atoms with Gasteiger partial charge in [-0.2, -0.15) is 0 Å². The molecule has 1 heteroatoms. The Balaban J connectivity index is 3.27. The molecular formula is C16H28O. The van der Waals surface area contributed by atoms with Crippen molar-refractivity contribution in [2.75, 3.05) is 0 Å². The fourth-order valence-electron chi connectivity index (χ4n) is 1.69. The van der Waals surface area contributed by atoms with E-state index in [0.717, 1.165) is 6.42 Å². The van der Waals surface area contributed by atoms with E-state index in [4.69, 9.17) is 0 Å². The molecule has 0 N–H and O–H groups in total.